The van der Waals surface area contributed by atoms with Gasteiger partial charge in [0, 0.05) is 25.2 Å². The first-order valence-corrected chi connectivity index (χ1v) is 13.8. The molecule has 0 radical (unpaired) electrons. The van der Waals surface area contributed by atoms with Crippen LogP contribution in [-0.4, -0.2) is 39.9 Å². The second kappa shape index (κ2) is 11.5. The van der Waals surface area contributed by atoms with E-state index in [0.717, 1.165) is 55.0 Å². The van der Waals surface area contributed by atoms with Crippen molar-refractivity contribution in [1.82, 2.24) is 9.47 Å². The van der Waals surface area contributed by atoms with Crippen LogP contribution in [0.4, 0.5) is 5.82 Å². The molecule has 0 aliphatic carbocycles. The number of carbonyl (C=O) groups is 1. The van der Waals surface area contributed by atoms with Gasteiger partial charge in [0.15, 0.2) is 0 Å². The van der Waals surface area contributed by atoms with Gasteiger partial charge in [0.25, 0.3) is 11.5 Å². The average Bonchev–Trinajstić information content (AvgIpc) is 3.16. The number of thiocarbonyl (C=S) groups is 1. The standard InChI is InChI=1S/C28H32N4O3S2/c1-5-12-31-25(30-13-10-18(2)11-14-30)22(19(3)23(16-29)26(31)33)15-24-27(34)32(28(36)37-24)17-20-6-8-21(35-4)9-7-20/h6-9,15,18H,5,10-14,17H2,1-4H3/b24-15-. The maximum Gasteiger partial charge on any atom is 0.270 e. The summed E-state index contributed by atoms with van der Waals surface area (Å²) in [6.45, 7) is 8.59. The number of aromatic nitrogens is 1. The molecule has 1 aromatic heterocycles. The summed E-state index contributed by atoms with van der Waals surface area (Å²) in [7, 11) is 1.61. The van der Waals surface area contributed by atoms with Crippen LogP contribution in [0.2, 0.25) is 0 Å². The molecule has 2 aliphatic rings. The number of benzene rings is 1. The maximum absolute atomic E-state index is 13.5. The molecular weight excluding hydrogens is 504 g/mol. The number of nitrogens with zero attached hydrogens (tertiary/aromatic N) is 4. The summed E-state index contributed by atoms with van der Waals surface area (Å²) < 4.78 is 7.44. The summed E-state index contributed by atoms with van der Waals surface area (Å²) in [6, 6.07) is 9.67. The summed E-state index contributed by atoms with van der Waals surface area (Å²) in [5.74, 6) is 2.00. The van der Waals surface area contributed by atoms with Crippen LogP contribution in [0.3, 0.4) is 0 Å². The Morgan fingerprint density at radius 3 is 2.49 bits per heavy atom. The van der Waals surface area contributed by atoms with Crippen LogP contribution in [0.15, 0.2) is 34.0 Å². The van der Waals surface area contributed by atoms with Gasteiger partial charge in [0.1, 0.15) is 27.5 Å². The Kier molecular flexibility index (Phi) is 8.40. The Morgan fingerprint density at radius 2 is 1.89 bits per heavy atom. The van der Waals surface area contributed by atoms with Crippen LogP contribution >= 0.6 is 24.0 Å². The number of thioether (sulfide) groups is 1. The van der Waals surface area contributed by atoms with E-state index in [9.17, 15) is 14.9 Å². The lowest BCUT2D eigenvalue weighted by Gasteiger charge is -2.35. The Balaban J connectivity index is 1.77. The van der Waals surface area contributed by atoms with Gasteiger partial charge in [-0.15, -0.1) is 0 Å². The second-order valence-electron chi connectivity index (χ2n) is 9.59. The monoisotopic (exact) mass is 536 g/mol. The second-order valence-corrected chi connectivity index (χ2v) is 11.3. The zero-order valence-corrected chi connectivity index (χ0v) is 23.4. The van der Waals surface area contributed by atoms with Crippen molar-refractivity contribution in [2.75, 3.05) is 25.1 Å². The molecule has 37 heavy (non-hydrogen) atoms. The summed E-state index contributed by atoms with van der Waals surface area (Å²) in [4.78, 5) is 31.2. The number of rotatable bonds is 7. The molecular formula is C28H32N4O3S2. The highest BCUT2D eigenvalue weighted by atomic mass is 32.2. The van der Waals surface area contributed by atoms with Crippen LogP contribution in [-0.2, 0) is 17.9 Å². The van der Waals surface area contributed by atoms with Gasteiger partial charge >= 0.3 is 0 Å². The Hall–Kier alpha value is -3.09. The van der Waals surface area contributed by atoms with Crippen molar-refractivity contribution in [1.29, 1.82) is 5.26 Å². The molecule has 1 amide bonds. The Bertz CT molecular complexity index is 1330. The quantitative estimate of drug-likeness (QED) is 0.360. The number of nitriles is 1. The van der Waals surface area contributed by atoms with Crippen LogP contribution < -0.4 is 15.2 Å². The van der Waals surface area contributed by atoms with Crippen LogP contribution in [0.5, 0.6) is 5.75 Å². The van der Waals surface area contributed by atoms with Gasteiger partial charge in [0.05, 0.1) is 18.6 Å². The molecule has 194 valence electrons. The highest BCUT2D eigenvalue weighted by Crippen LogP contribution is 2.37. The van der Waals surface area contributed by atoms with Gasteiger partial charge in [-0.05, 0) is 61.4 Å². The van der Waals surface area contributed by atoms with Crippen molar-refractivity contribution in [2.45, 2.75) is 53.1 Å². The highest BCUT2D eigenvalue weighted by Gasteiger charge is 2.33. The molecule has 0 N–H and O–H groups in total. The third-order valence-corrected chi connectivity index (χ3v) is 8.40. The van der Waals surface area contributed by atoms with Crippen LogP contribution in [0.25, 0.3) is 6.08 Å². The topological polar surface area (TPSA) is 78.6 Å². The van der Waals surface area contributed by atoms with E-state index in [1.165, 1.54) is 11.8 Å². The number of piperidine rings is 1. The molecule has 1 aromatic carbocycles. The number of amides is 1. The molecule has 0 spiro atoms. The van der Waals surface area contributed by atoms with Crippen molar-refractivity contribution in [3.05, 3.63) is 61.8 Å². The molecule has 4 rings (SSSR count). The fourth-order valence-electron chi connectivity index (χ4n) is 4.82. The highest BCUT2D eigenvalue weighted by molar-refractivity contribution is 8.26. The van der Waals surface area contributed by atoms with Crippen molar-refractivity contribution in [2.24, 2.45) is 5.92 Å². The molecule has 3 heterocycles. The number of pyridine rings is 1. The fraction of sp³-hybridized carbons (Fsp3) is 0.429. The first kappa shape index (κ1) is 27.0. The first-order chi connectivity index (χ1) is 17.8. The van der Waals surface area contributed by atoms with Crippen molar-refractivity contribution in [3.8, 4) is 11.8 Å². The molecule has 2 saturated heterocycles. The third-order valence-electron chi connectivity index (χ3n) is 7.03. The van der Waals surface area contributed by atoms with E-state index in [-0.39, 0.29) is 17.0 Å². The molecule has 0 bridgehead atoms. The van der Waals surface area contributed by atoms with E-state index in [1.54, 1.807) is 23.5 Å². The molecule has 0 unspecified atom stereocenters. The number of hydrogen-bond acceptors (Lipinski definition) is 7. The van der Waals surface area contributed by atoms with Gasteiger partial charge in [-0.2, -0.15) is 5.26 Å². The predicted molar refractivity (Wildman–Crippen MR) is 153 cm³/mol. The summed E-state index contributed by atoms with van der Waals surface area (Å²) >= 11 is 6.84. The SMILES string of the molecule is CCCn1c(N2CCC(C)CC2)c(/C=C2\SC(=S)N(Cc3ccc(OC)cc3)C2=O)c(C)c(C#N)c1=O. The first-order valence-electron chi connectivity index (χ1n) is 12.6. The number of carbonyl (C=O) groups excluding carboxylic acids is 1. The lowest BCUT2D eigenvalue weighted by atomic mass is 9.97. The minimum Gasteiger partial charge on any atom is -0.497 e. The Labute approximate surface area is 227 Å². The zero-order valence-electron chi connectivity index (χ0n) is 21.7. The smallest absolute Gasteiger partial charge is 0.270 e. The molecule has 2 aliphatic heterocycles. The van der Waals surface area contributed by atoms with E-state index < -0.39 is 0 Å². The summed E-state index contributed by atoms with van der Waals surface area (Å²) in [5, 5.41) is 9.84. The van der Waals surface area contributed by atoms with Gasteiger partial charge < -0.3 is 9.64 Å². The van der Waals surface area contributed by atoms with Gasteiger partial charge in [-0.25, -0.2) is 0 Å². The largest absolute Gasteiger partial charge is 0.497 e. The van der Waals surface area contributed by atoms with Gasteiger partial charge in [0.2, 0.25) is 0 Å². The van der Waals surface area contributed by atoms with Gasteiger partial charge in [-0.1, -0.05) is 50.0 Å². The number of anilines is 1. The molecule has 0 atom stereocenters. The maximum atomic E-state index is 13.5. The number of methoxy groups -OCH3 is 1. The third kappa shape index (κ3) is 5.46. The van der Waals surface area contributed by atoms with E-state index in [0.29, 0.717) is 33.8 Å². The normalized spacial score (nSPS) is 17.5. The molecule has 0 saturated carbocycles. The van der Waals surface area contributed by atoms with E-state index in [2.05, 4.69) is 17.9 Å². The molecule has 2 aromatic rings. The molecule has 2 fully saturated rings. The molecule has 9 heteroatoms. The zero-order chi connectivity index (χ0) is 26.7. The van der Waals surface area contributed by atoms with Gasteiger partial charge in [-0.3, -0.25) is 19.1 Å². The lowest BCUT2D eigenvalue weighted by Crippen LogP contribution is -2.39. The number of ether oxygens (including phenoxy) is 1. The number of hydrogen-bond donors (Lipinski definition) is 0. The molecule has 7 nitrogen and oxygen atoms in total. The minimum atomic E-state index is -0.264. The van der Waals surface area contributed by atoms with E-state index in [4.69, 9.17) is 17.0 Å². The average molecular weight is 537 g/mol. The summed E-state index contributed by atoms with van der Waals surface area (Å²) in [5.41, 5.74) is 2.17. The van der Waals surface area contributed by atoms with E-state index in [1.807, 2.05) is 37.3 Å². The summed E-state index contributed by atoms with van der Waals surface area (Å²) in [6.07, 6.45) is 4.66. The van der Waals surface area contributed by atoms with Crippen molar-refractivity contribution >= 4 is 46.1 Å². The van der Waals surface area contributed by atoms with Crippen LogP contribution in [0, 0.1) is 24.2 Å². The van der Waals surface area contributed by atoms with Crippen molar-refractivity contribution < 1.29 is 9.53 Å². The fourth-order valence-corrected chi connectivity index (χ4v) is 6.05. The van der Waals surface area contributed by atoms with E-state index >= 15 is 0 Å². The Morgan fingerprint density at radius 1 is 1.22 bits per heavy atom. The minimum absolute atomic E-state index is 0.127. The predicted octanol–water partition coefficient (Wildman–Crippen LogP) is 5.08. The van der Waals surface area contributed by atoms with Crippen LogP contribution in [0.1, 0.15) is 55.4 Å². The van der Waals surface area contributed by atoms with Crippen molar-refractivity contribution in [3.63, 3.8) is 0 Å². The lowest BCUT2D eigenvalue weighted by molar-refractivity contribution is -0.122.